The van der Waals surface area contributed by atoms with Crippen LogP contribution in [-0.4, -0.2) is 76.7 Å². The highest BCUT2D eigenvalue weighted by Crippen LogP contribution is 2.33. The number of rotatable bonds is 5. The van der Waals surface area contributed by atoms with E-state index in [0.717, 1.165) is 0 Å². The van der Waals surface area contributed by atoms with Crippen LogP contribution in [0.2, 0.25) is 0 Å². The first-order valence-electron chi connectivity index (χ1n) is 10.8. The van der Waals surface area contributed by atoms with Gasteiger partial charge in [0, 0.05) is 37.6 Å². The second kappa shape index (κ2) is 8.97. The van der Waals surface area contributed by atoms with Gasteiger partial charge in [-0.2, -0.15) is 0 Å². The molecule has 34 heavy (non-hydrogen) atoms. The number of fused-ring (bicyclic) bond motifs is 1. The van der Waals surface area contributed by atoms with Crippen molar-refractivity contribution in [1.29, 1.82) is 0 Å². The molecule has 0 aliphatic carbocycles. The van der Waals surface area contributed by atoms with E-state index in [4.69, 9.17) is 9.15 Å². The molecule has 2 aromatic heterocycles. The van der Waals surface area contributed by atoms with Crippen molar-refractivity contribution in [3.63, 3.8) is 0 Å². The second-order valence-corrected chi connectivity index (χ2v) is 8.13. The van der Waals surface area contributed by atoms with Gasteiger partial charge >= 0.3 is 5.88 Å². The Morgan fingerprint density at radius 3 is 2.50 bits per heavy atom. The van der Waals surface area contributed by atoms with E-state index in [0.29, 0.717) is 48.7 Å². The fourth-order valence-electron chi connectivity index (χ4n) is 4.13. The molecule has 0 amide bonds. The molecule has 3 aromatic rings. The van der Waals surface area contributed by atoms with Crippen LogP contribution in [0, 0.1) is 15.9 Å². The van der Waals surface area contributed by atoms with Crippen molar-refractivity contribution in [2.75, 3.05) is 49.2 Å². The highest BCUT2D eigenvalue weighted by Gasteiger charge is 2.32. The largest absolute Gasteiger partial charge is 0.433 e. The Hall–Kier alpha value is -3.61. The van der Waals surface area contributed by atoms with Crippen LogP contribution in [0.5, 0.6) is 0 Å². The number of morpholine rings is 1. The molecule has 12 heteroatoms. The van der Waals surface area contributed by atoms with Crippen molar-refractivity contribution in [2.24, 2.45) is 0 Å². The number of benzene rings is 1. The second-order valence-electron chi connectivity index (χ2n) is 8.13. The molecule has 0 saturated carbocycles. The summed E-state index contributed by atoms with van der Waals surface area (Å²) in [5.41, 5.74) is 0.757. The summed E-state index contributed by atoms with van der Waals surface area (Å²) in [6, 6.07) is 5.70. The van der Waals surface area contributed by atoms with Gasteiger partial charge < -0.3 is 29.2 Å². The predicted molar refractivity (Wildman–Crippen MR) is 121 cm³/mol. The zero-order valence-electron chi connectivity index (χ0n) is 18.0. The number of aliphatic hydroxyl groups excluding tert-OH is 2. The number of furan rings is 1. The number of ether oxygens (including phenoxy) is 1. The van der Waals surface area contributed by atoms with E-state index in [-0.39, 0.29) is 24.7 Å². The topological polar surface area (TPSA) is 138 Å². The van der Waals surface area contributed by atoms with Crippen LogP contribution in [0.3, 0.4) is 0 Å². The minimum Gasteiger partial charge on any atom is -0.401 e. The van der Waals surface area contributed by atoms with Crippen LogP contribution in [0.25, 0.3) is 23.1 Å². The molecule has 0 radical (unpaired) electrons. The summed E-state index contributed by atoms with van der Waals surface area (Å²) in [6.07, 6.45) is 1.10. The van der Waals surface area contributed by atoms with Gasteiger partial charge in [0.1, 0.15) is 22.3 Å². The van der Waals surface area contributed by atoms with E-state index in [1.165, 1.54) is 30.4 Å². The Kier molecular flexibility index (Phi) is 5.86. The number of aliphatic hydroxyl groups is 2. The number of hydrogen-bond acceptors (Lipinski definition) is 10. The van der Waals surface area contributed by atoms with Gasteiger partial charge in [0.05, 0.1) is 42.7 Å². The molecule has 0 unspecified atom stereocenters. The lowest BCUT2D eigenvalue weighted by atomic mass is 10.1. The summed E-state index contributed by atoms with van der Waals surface area (Å²) in [4.78, 5) is 22.8. The van der Waals surface area contributed by atoms with Crippen LogP contribution >= 0.6 is 0 Å². The van der Waals surface area contributed by atoms with Gasteiger partial charge in [0.15, 0.2) is 5.82 Å². The number of nitro groups is 1. The molecule has 178 valence electrons. The van der Waals surface area contributed by atoms with Gasteiger partial charge in [0.25, 0.3) is 0 Å². The number of anilines is 2. The quantitative estimate of drug-likeness (QED) is 0.418. The molecule has 2 fully saturated rings. The van der Waals surface area contributed by atoms with Crippen LogP contribution in [0.15, 0.2) is 28.7 Å². The summed E-state index contributed by atoms with van der Waals surface area (Å²) in [6.45, 7) is 2.42. The van der Waals surface area contributed by atoms with Gasteiger partial charge in [0.2, 0.25) is 0 Å². The molecule has 0 spiro atoms. The van der Waals surface area contributed by atoms with Crippen LogP contribution in [0.4, 0.5) is 21.8 Å². The summed E-state index contributed by atoms with van der Waals surface area (Å²) < 4.78 is 25.6. The third kappa shape index (κ3) is 4.30. The third-order valence-corrected chi connectivity index (χ3v) is 5.86. The highest BCUT2D eigenvalue weighted by atomic mass is 19.1. The molecule has 2 saturated heterocycles. The Bertz CT molecular complexity index is 1250. The maximum atomic E-state index is 15.1. The first kappa shape index (κ1) is 22.2. The fourth-order valence-corrected chi connectivity index (χ4v) is 4.13. The Morgan fingerprint density at radius 2 is 1.82 bits per heavy atom. The SMILES string of the molecule is O=[N+]([O-])c1ccc(/C=C/c2nc(N3C[C@@H](O)[C@H](O)C3)c3cc(N4CCOCC4)c(F)cc3n2)o1. The molecule has 2 aliphatic rings. The summed E-state index contributed by atoms with van der Waals surface area (Å²) in [5, 5.41) is 31.6. The molecule has 1 aromatic carbocycles. The van der Waals surface area contributed by atoms with Crippen LogP contribution < -0.4 is 9.80 Å². The van der Waals surface area contributed by atoms with E-state index in [1.807, 2.05) is 4.90 Å². The molecular weight excluding hydrogens is 449 g/mol. The van der Waals surface area contributed by atoms with Gasteiger partial charge in [-0.1, -0.05) is 0 Å². The van der Waals surface area contributed by atoms with Gasteiger partial charge in [-0.25, -0.2) is 14.4 Å². The lowest BCUT2D eigenvalue weighted by Crippen LogP contribution is -2.36. The van der Waals surface area contributed by atoms with Crippen molar-refractivity contribution < 1.29 is 28.7 Å². The smallest absolute Gasteiger partial charge is 0.401 e. The Balaban J connectivity index is 1.57. The summed E-state index contributed by atoms with van der Waals surface area (Å²) >= 11 is 0. The Labute approximate surface area is 192 Å². The van der Waals surface area contributed by atoms with Crippen molar-refractivity contribution in [2.45, 2.75) is 12.2 Å². The molecule has 4 heterocycles. The molecule has 5 rings (SSSR count). The normalized spacial score (nSPS) is 21.1. The van der Waals surface area contributed by atoms with E-state index in [1.54, 1.807) is 11.0 Å². The predicted octanol–water partition coefficient (Wildman–Crippen LogP) is 1.82. The number of halogens is 1. The lowest BCUT2D eigenvalue weighted by Gasteiger charge is -2.29. The van der Waals surface area contributed by atoms with Crippen LogP contribution in [-0.2, 0) is 4.74 Å². The third-order valence-electron chi connectivity index (χ3n) is 5.86. The van der Waals surface area contributed by atoms with Gasteiger partial charge in [-0.15, -0.1) is 0 Å². The molecule has 11 nitrogen and oxygen atoms in total. The number of nitrogens with zero attached hydrogens (tertiary/aromatic N) is 5. The van der Waals surface area contributed by atoms with E-state index in [9.17, 15) is 20.3 Å². The molecular formula is C22H22FN5O6. The number of hydrogen-bond donors (Lipinski definition) is 2. The molecule has 0 bridgehead atoms. The Morgan fingerprint density at radius 1 is 1.09 bits per heavy atom. The van der Waals surface area contributed by atoms with Crippen molar-refractivity contribution in [1.82, 2.24) is 9.97 Å². The van der Waals surface area contributed by atoms with Gasteiger partial charge in [-0.3, -0.25) is 10.1 Å². The van der Waals surface area contributed by atoms with E-state index in [2.05, 4.69) is 9.97 Å². The minimum atomic E-state index is -0.938. The van der Waals surface area contributed by atoms with E-state index >= 15 is 4.39 Å². The monoisotopic (exact) mass is 471 g/mol. The maximum absolute atomic E-state index is 15.1. The maximum Gasteiger partial charge on any atom is 0.433 e. The van der Waals surface area contributed by atoms with E-state index < -0.39 is 28.8 Å². The standard InChI is InChI=1S/C22H22FN5O6/c23-15-10-16-14(9-17(15)26-5-7-33-8-6-26)22(27-11-18(29)19(30)12-27)25-20(24-16)3-1-13-2-4-21(34-13)28(31)32/h1-4,9-10,18-19,29-30H,5-8,11-12H2/b3-1+/t18-,19-/m1/s1. The minimum absolute atomic E-state index is 0.158. The molecule has 2 atom stereocenters. The van der Waals surface area contributed by atoms with Crippen LogP contribution in [0.1, 0.15) is 11.6 Å². The average molecular weight is 471 g/mol. The van der Waals surface area contributed by atoms with Crippen molar-refractivity contribution in [3.05, 3.63) is 51.8 Å². The van der Waals surface area contributed by atoms with Crippen molar-refractivity contribution >= 4 is 40.4 Å². The molecule has 2 aliphatic heterocycles. The zero-order valence-corrected chi connectivity index (χ0v) is 18.0. The molecule has 2 N–H and O–H groups in total. The highest BCUT2D eigenvalue weighted by molar-refractivity contribution is 5.93. The fraction of sp³-hybridized carbons (Fsp3) is 0.364. The number of β-amino-alcohol motifs (C(OH)–C–C–N with tert-alkyl or cyclic N) is 2. The first-order valence-corrected chi connectivity index (χ1v) is 10.8. The summed E-state index contributed by atoms with van der Waals surface area (Å²) in [7, 11) is 0. The van der Waals surface area contributed by atoms with Crippen molar-refractivity contribution in [3.8, 4) is 0 Å². The lowest BCUT2D eigenvalue weighted by molar-refractivity contribution is -0.402. The first-order chi connectivity index (χ1) is 16.4. The number of aromatic nitrogens is 2. The summed E-state index contributed by atoms with van der Waals surface area (Å²) in [5.74, 6) is 0.0728. The zero-order chi connectivity index (χ0) is 23.8. The average Bonchev–Trinajstić information content (AvgIpc) is 3.44. The van der Waals surface area contributed by atoms with Gasteiger partial charge in [-0.05, 0) is 24.3 Å².